The van der Waals surface area contributed by atoms with E-state index in [0.29, 0.717) is 12.2 Å². The van der Waals surface area contributed by atoms with Crippen molar-refractivity contribution < 1.29 is 23.8 Å². The summed E-state index contributed by atoms with van der Waals surface area (Å²) in [5.74, 6) is -1.81. The Morgan fingerprint density at radius 2 is 1.68 bits per heavy atom. The maximum absolute atomic E-state index is 11.9. The van der Waals surface area contributed by atoms with Gasteiger partial charge in [0.2, 0.25) is 0 Å². The van der Waals surface area contributed by atoms with E-state index in [1.54, 1.807) is 12.1 Å². The highest BCUT2D eigenvalue weighted by Gasteiger charge is 2.38. The monoisotopic (exact) mass is 345 g/mol. The van der Waals surface area contributed by atoms with E-state index in [4.69, 9.17) is 14.2 Å². The zero-order chi connectivity index (χ0) is 17.9. The Kier molecular flexibility index (Phi) is 5.08. The number of esters is 2. The Morgan fingerprint density at radius 1 is 1.08 bits per heavy atom. The SMILES string of the molecule is CC1(C)OC(=O)C(=Cc2ccc(OCCN3CCCC3)cc2)C(=O)O1. The molecule has 0 radical (unpaired) electrons. The summed E-state index contributed by atoms with van der Waals surface area (Å²) in [5, 5.41) is 0. The van der Waals surface area contributed by atoms with Gasteiger partial charge >= 0.3 is 11.9 Å². The van der Waals surface area contributed by atoms with Crippen molar-refractivity contribution in [2.45, 2.75) is 32.5 Å². The van der Waals surface area contributed by atoms with E-state index in [1.165, 1.54) is 32.8 Å². The first-order valence-electron chi connectivity index (χ1n) is 8.56. The molecule has 3 rings (SSSR count). The zero-order valence-electron chi connectivity index (χ0n) is 14.6. The molecular formula is C19H23NO5. The maximum Gasteiger partial charge on any atom is 0.348 e. The third-order valence-corrected chi connectivity index (χ3v) is 4.18. The van der Waals surface area contributed by atoms with Gasteiger partial charge < -0.3 is 14.2 Å². The molecule has 2 heterocycles. The van der Waals surface area contributed by atoms with Crippen LogP contribution in [0.25, 0.3) is 6.08 Å². The van der Waals surface area contributed by atoms with E-state index in [0.717, 1.165) is 25.4 Å². The van der Waals surface area contributed by atoms with Crippen LogP contribution >= 0.6 is 0 Å². The van der Waals surface area contributed by atoms with Crippen LogP contribution in [0.4, 0.5) is 0 Å². The fourth-order valence-electron chi connectivity index (χ4n) is 2.90. The molecule has 0 aliphatic carbocycles. The number of nitrogens with zero attached hydrogens (tertiary/aromatic N) is 1. The molecule has 25 heavy (non-hydrogen) atoms. The lowest BCUT2D eigenvalue weighted by Gasteiger charge is -2.29. The molecular weight excluding hydrogens is 322 g/mol. The number of carbonyl (C=O) groups is 2. The minimum atomic E-state index is -1.22. The lowest BCUT2D eigenvalue weighted by Crippen LogP contribution is -2.41. The molecule has 0 aromatic heterocycles. The number of likely N-dealkylation sites (tertiary alicyclic amines) is 1. The summed E-state index contributed by atoms with van der Waals surface area (Å²) in [6, 6.07) is 7.22. The van der Waals surface area contributed by atoms with Gasteiger partial charge in [0.05, 0.1) is 0 Å². The van der Waals surface area contributed by atoms with Gasteiger partial charge in [0.25, 0.3) is 5.79 Å². The fraction of sp³-hybridized carbons (Fsp3) is 0.474. The lowest BCUT2D eigenvalue weighted by atomic mass is 10.1. The Balaban J connectivity index is 1.58. The van der Waals surface area contributed by atoms with Crippen LogP contribution in [0.15, 0.2) is 29.8 Å². The second kappa shape index (κ2) is 7.27. The molecule has 1 aromatic rings. The summed E-state index contributed by atoms with van der Waals surface area (Å²) < 4.78 is 15.9. The molecule has 0 N–H and O–H groups in total. The van der Waals surface area contributed by atoms with Crippen LogP contribution in [0, 0.1) is 0 Å². The minimum Gasteiger partial charge on any atom is -0.492 e. The number of carbonyl (C=O) groups excluding carboxylic acids is 2. The molecule has 2 saturated heterocycles. The van der Waals surface area contributed by atoms with Crippen LogP contribution in [0.1, 0.15) is 32.3 Å². The van der Waals surface area contributed by atoms with Crippen LogP contribution < -0.4 is 4.74 Å². The summed E-state index contributed by atoms with van der Waals surface area (Å²) in [4.78, 5) is 26.3. The molecule has 0 bridgehead atoms. The smallest absolute Gasteiger partial charge is 0.348 e. The molecule has 134 valence electrons. The number of rotatable bonds is 5. The number of benzene rings is 1. The lowest BCUT2D eigenvalue weighted by molar-refractivity contribution is -0.222. The van der Waals surface area contributed by atoms with Crippen molar-refractivity contribution >= 4 is 18.0 Å². The van der Waals surface area contributed by atoms with E-state index in [9.17, 15) is 9.59 Å². The highest BCUT2D eigenvalue weighted by Crippen LogP contribution is 2.24. The number of ether oxygens (including phenoxy) is 3. The van der Waals surface area contributed by atoms with Gasteiger partial charge in [-0.25, -0.2) is 9.59 Å². The molecule has 1 aromatic carbocycles. The van der Waals surface area contributed by atoms with Crippen LogP contribution in [0.2, 0.25) is 0 Å². The first-order valence-corrected chi connectivity index (χ1v) is 8.56. The van der Waals surface area contributed by atoms with Crippen molar-refractivity contribution in [2.75, 3.05) is 26.2 Å². The molecule has 0 atom stereocenters. The number of cyclic esters (lactones) is 2. The van der Waals surface area contributed by atoms with Crippen molar-refractivity contribution in [3.05, 3.63) is 35.4 Å². The van der Waals surface area contributed by atoms with Gasteiger partial charge in [0, 0.05) is 20.4 Å². The molecule has 2 fully saturated rings. The molecule has 0 amide bonds. The van der Waals surface area contributed by atoms with Crippen molar-refractivity contribution in [1.82, 2.24) is 4.90 Å². The molecule has 0 spiro atoms. The molecule has 2 aliphatic rings. The summed E-state index contributed by atoms with van der Waals surface area (Å²) in [6.07, 6.45) is 4.00. The summed E-state index contributed by atoms with van der Waals surface area (Å²) in [7, 11) is 0. The summed E-state index contributed by atoms with van der Waals surface area (Å²) in [5.41, 5.74) is 0.595. The van der Waals surface area contributed by atoms with Gasteiger partial charge in [0.1, 0.15) is 17.9 Å². The Labute approximate surface area is 147 Å². The number of hydrogen-bond donors (Lipinski definition) is 0. The predicted molar refractivity (Wildman–Crippen MR) is 91.9 cm³/mol. The van der Waals surface area contributed by atoms with E-state index in [1.807, 2.05) is 12.1 Å². The van der Waals surface area contributed by atoms with Gasteiger partial charge in [-0.05, 0) is 49.7 Å². The van der Waals surface area contributed by atoms with Gasteiger partial charge in [-0.2, -0.15) is 0 Å². The van der Waals surface area contributed by atoms with Crippen molar-refractivity contribution in [3.63, 3.8) is 0 Å². The van der Waals surface area contributed by atoms with Gasteiger partial charge in [-0.1, -0.05) is 12.1 Å². The molecule has 0 saturated carbocycles. The highest BCUT2D eigenvalue weighted by atomic mass is 16.7. The Hall–Kier alpha value is -2.34. The first-order chi connectivity index (χ1) is 11.9. The largest absolute Gasteiger partial charge is 0.492 e. The second-order valence-corrected chi connectivity index (χ2v) is 6.70. The van der Waals surface area contributed by atoms with E-state index >= 15 is 0 Å². The minimum absolute atomic E-state index is 0.109. The van der Waals surface area contributed by atoms with Crippen LogP contribution in [-0.2, 0) is 19.1 Å². The summed E-state index contributed by atoms with van der Waals surface area (Å²) >= 11 is 0. The first kappa shape index (κ1) is 17.5. The molecule has 2 aliphatic heterocycles. The third kappa shape index (κ3) is 4.60. The van der Waals surface area contributed by atoms with E-state index < -0.39 is 17.7 Å². The van der Waals surface area contributed by atoms with Crippen LogP contribution in [0.3, 0.4) is 0 Å². The average Bonchev–Trinajstić information content (AvgIpc) is 3.05. The molecule has 0 unspecified atom stereocenters. The zero-order valence-corrected chi connectivity index (χ0v) is 14.6. The molecule has 6 heteroatoms. The van der Waals surface area contributed by atoms with Gasteiger partial charge in [-0.3, -0.25) is 4.90 Å². The van der Waals surface area contributed by atoms with E-state index in [2.05, 4.69) is 4.90 Å². The third-order valence-electron chi connectivity index (χ3n) is 4.18. The van der Waals surface area contributed by atoms with Gasteiger partial charge in [0.15, 0.2) is 0 Å². The second-order valence-electron chi connectivity index (χ2n) is 6.70. The van der Waals surface area contributed by atoms with E-state index in [-0.39, 0.29) is 5.57 Å². The Bertz CT molecular complexity index is 650. The highest BCUT2D eigenvalue weighted by molar-refractivity contribution is 6.18. The Morgan fingerprint density at radius 3 is 2.28 bits per heavy atom. The molecule has 6 nitrogen and oxygen atoms in total. The van der Waals surface area contributed by atoms with Crippen LogP contribution in [0.5, 0.6) is 5.75 Å². The fourth-order valence-corrected chi connectivity index (χ4v) is 2.90. The average molecular weight is 345 g/mol. The van der Waals surface area contributed by atoms with Crippen LogP contribution in [-0.4, -0.2) is 48.9 Å². The van der Waals surface area contributed by atoms with Gasteiger partial charge in [-0.15, -0.1) is 0 Å². The normalized spacial score (nSPS) is 20.2. The summed E-state index contributed by atoms with van der Waals surface area (Å²) in [6.45, 7) is 6.92. The quantitative estimate of drug-likeness (QED) is 0.464. The maximum atomic E-state index is 11.9. The predicted octanol–water partition coefficient (Wildman–Crippen LogP) is 2.38. The van der Waals surface area contributed by atoms with Crippen molar-refractivity contribution in [2.24, 2.45) is 0 Å². The topological polar surface area (TPSA) is 65.1 Å². The standard InChI is InChI=1S/C19H23NO5/c1-19(2)24-17(21)16(18(22)25-19)13-14-5-7-15(8-6-14)23-12-11-20-9-3-4-10-20/h5-8,13H,3-4,9-12H2,1-2H3. The van der Waals surface area contributed by atoms with Crippen molar-refractivity contribution in [1.29, 1.82) is 0 Å². The van der Waals surface area contributed by atoms with Crippen molar-refractivity contribution in [3.8, 4) is 5.75 Å². The number of hydrogen-bond acceptors (Lipinski definition) is 6.